The van der Waals surface area contributed by atoms with Crippen LogP contribution in [0, 0.1) is 0 Å². The van der Waals surface area contributed by atoms with Gasteiger partial charge in [0.1, 0.15) is 0 Å². The van der Waals surface area contributed by atoms with E-state index in [4.69, 9.17) is 4.74 Å². The number of halogens is 2. The fraction of sp³-hybridized carbons (Fsp3) is 0.211. The average molecular weight is 420 g/mol. The van der Waals surface area contributed by atoms with Crippen LogP contribution in [0.3, 0.4) is 0 Å². The lowest BCUT2D eigenvalue weighted by molar-refractivity contribution is -0.0514. The first-order chi connectivity index (χ1) is 14.0. The number of nitrogens with zero attached hydrogens (tertiary/aromatic N) is 2. The Kier molecular flexibility index (Phi) is 6.90. The van der Waals surface area contributed by atoms with Gasteiger partial charge in [-0.1, -0.05) is 6.07 Å². The SMILES string of the molecule is CCOc1cc(CNC(=O)Nc2nc(-c3cccnc3)cs2)ccc1OC(F)F. The maximum absolute atomic E-state index is 12.5. The van der Waals surface area contributed by atoms with E-state index in [9.17, 15) is 13.6 Å². The Morgan fingerprint density at radius 2 is 2.14 bits per heavy atom. The van der Waals surface area contributed by atoms with Crippen molar-refractivity contribution in [3.05, 3.63) is 53.7 Å². The molecule has 152 valence electrons. The molecule has 0 aliphatic carbocycles. The van der Waals surface area contributed by atoms with Crippen LogP contribution in [-0.2, 0) is 6.54 Å². The van der Waals surface area contributed by atoms with Gasteiger partial charge in [-0.3, -0.25) is 10.3 Å². The number of urea groups is 1. The standard InChI is InChI=1S/C19H18F2N4O3S/c1-2-27-16-8-12(5-6-15(16)28-17(20)21)9-23-18(26)25-19-24-14(11-29-19)13-4-3-7-22-10-13/h3-8,10-11,17H,2,9H2,1H3,(H2,23,24,25,26). The molecule has 10 heteroatoms. The largest absolute Gasteiger partial charge is 0.490 e. The third kappa shape index (κ3) is 5.85. The number of amides is 2. The van der Waals surface area contributed by atoms with Crippen LogP contribution in [0.25, 0.3) is 11.3 Å². The van der Waals surface area contributed by atoms with E-state index < -0.39 is 12.6 Å². The maximum Gasteiger partial charge on any atom is 0.387 e. The van der Waals surface area contributed by atoms with Gasteiger partial charge < -0.3 is 14.8 Å². The third-order valence-electron chi connectivity index (χ3n) is 3.66. The molecule has 3 aromatic rings. The first-order valence-electron chi connectivity index (χ1n) is 8.66. The number of carbonyl (C=O) groups excluding carboxylic acids is 1. The van der Waals surface area contributed by atoms with E-state index >= 15 is 0 Å². The Morgan fingerprint density at radius 3 is 2.86 bits per heavy atom. The van der Waals surface area contributed by atoms with E-state index in [1.165, 1.54) is 17.4 Å². The van der Waals surface area contributed by atoms with Gasteiger partial charge in [0.25, 0.3) is 0 Å². The summed E-state index contributed by atoms with van der Waals surface area (Å²) in [5.74, 6) is 0.134. The fourth-order valence-corrected chi connectivity index (χ4v) is 3.14. The number of pyridine rings is 1. The second kappa shape index (κ2) is 9.78. The topological polar surface area (TPSA) is 85.4 Å². The van der Waals surface area contributed by atoms with E-state index in [1.54, 1.807) is 31.5 Å². The molecule has 2 aromatic heterocycles. The molecule has 0 spiro atoms. The van der Waals surface area contributed by atoms with Crippen LogP contribution in [0.1, 0.15) is 12.5 Å². The van der Waals surface area contributed by atoms with Crippen molar-refractivity contribution in [2.24, 2.45) is 0 Å². The Balaban J connectivity index is 1.58. The van der Waals surface area contributed by atoms with Gasteiger partial charge >= 0.3 is 12.6 Å². The van der Waals surface area contributed by atoms with Gasteiger partial charge in [-0.2, -0.15) is 8.78 Å². The van der Waals surface area contributed by atoms with Crippen LogP contribution in [0.5, 0.6) is 11.5 Å². The molecule has 2 N–H and O–H groups in total. The molecule has 0 fully saturated rings. The predicted octanol–water partition coefficient (Wildman–Crippen LogP) is 4.53. The number of hydrogen-bond acceptors (Lipinski definition) is 6. The lowest BCUT2D eigenvalue weighted by Gasteiger charge is -2.13. The number of benzene rings is 1. The number of anilines is 1. The Labute approximate surface area is 169 Å². The van der Waals surface area contributed by atoms with E-state index in [-0.39, 0.29) is 18.0 Å². The van der Waals surface area contributed by atoms with Crippen molar-refractivity contribution in [2.75, 3.05) is 11.9 Å². The molecule has 0 saturated carbocycles. The first-order valence-corrected chi connectivity index (χ1v) is 9.54. The molecule has 2 amide bonds. The summed E-state index contributed by atoms with van der Waals surface area (Å²) in [6.07, 6.45) is 3.36. The van der Waals surface area contributed by atoms with E-state index in [0.717, 1.165) is 11.3 Å². The monoisotopic (exact) mass is 420 g/mol. The number of ether oxygens (including phenoxy) is 2. The van der Waals surface area contributed by atoms with Crippen molar-refractivity contribution in [1.82, 2.24) is 15.3 Å². The van der Waals surface area contributed by atoms with Crippen molar-refractivity contribution in [3.8, 4) is 22.8 Å². The molecule has 3 rings (SSSR count). The summed E-state index contributed by atoms with van der Waals surface area (Å²) in [6, 6.07) is 7.75. The van der Waals surface area contributed by atoms with Crippen molar-refractivity contribution in [1.29, 1.82) is 0 Å². The number of alkyl halides is 2. The zero-order valence-electron chi connectivity index (χ0n) is 15.4. The zero-order valence-corrected chi connectivity index (χ0v) is 16.2. The van der Waals surface area contributed by atoms with Crippen molar-refractivity contribution in [3.63, 3.8) is 0 Å². The second-order valence-electron chi connectivity index (χ2n) is 5.68. The van der Waals surface area contributed by atoms with E-state index in [2.05, 4.69) is 25.3 Å². The van der Waals surface area contributed by atoms with Crippen LogP contribution < -0.4 is 20.1 Å². The minimum Gasteiger partial charge on any atom is -0.490 e. The molecule has 0 unspecified atom stereocenters. The van der Waals surface area contributed by atoms with Crippen LogP contribution in [0.15, 0.2) is 48.1 Å². The van der Waals surface area contributed by atoms with Gasteiger partial charge in [0, 0.05) is 29.9 Å². The molecule has 0 aliphatic rings. The molecule has 7 nitrogen and oxygen atoms in total. The summed E-state index contributed by atoms with van der Waals surface area (Å²) in [5.41, 5.74) is 2.24. The molecule has 0 aliphatic heterocycles. The Morgan fingerprint density at radius 1 is 1.28 bits per heavy atom. The van der Waals surface area contributed by atoms with Crippen LogP contribution in [-0.4, -0.2) is 29.2 Å². The number of thiazole rings is 1. The second-order valence-corrected chi connectivity index (χ2v) is 6.54. The van der Waals surface area contributed by atoms with Crippen LogP contribution in [0.4, 0.5) is 18.7 Å². The van der Waals surface area contributed by atoms with Crippen molar-refractivity contribution >= 4 is 22.5 Å². The summed E-state index contributed by atoms with van der Waals surface area (Å²) in [4.78, 5) is 20.5. The molecule has 0 saturated heterocycles. The quantitative estimate of drug-likeness (QED) is 0.559. The number of hydrogen-bond donors (Lipinski definition) is 2. The molecule has 29 heavy (non-hydrogen) atoms. The van der Waals surface area contributed by atoms with Gasteiger partial charge in [-0.15, -0.1) is 11.3 Å². The van der Waals surface area contributed by atoms with Gasteiger partial charge in [-0.05, 0) is 36.8 Å². The predicted molar refractivity (Wildman–Crippen MR) is 105 cm³/mol. The number of carbonyl (C=O) groups is 1. The van der Waals surface area contributed by atoms with Crippen molar-refractivity contribution in [2.45, 2.75) is 20.1 Å². The first kappa shape index (κ1) is 20.5. The highest BCUT2D eigenvalue weighted by atomic mass is 32.1. The number of rotatable bonds is 8. The summed E-state index contributed by atoms with van der Waals surface area (Å²) in [7, 11) is 0. The van der Waals surface area contributed by atoms with Gasteiger partial charge in [0.2, 0.25) is 0 Å². The third-order valence-corrected chi connectivity index (χ3v) is 4.42. The van der Waals surface area contributed by atoms with E-state index in [0.29, 0.717) is 17.3 Å². The summed E-state index contributed by atoms with van der Waals surface area (Å²) < 4.78 is 34.7. The molecule has 0 radical (unpaired) electrons. The fourth-order valence-electron chi connectivity index (χ4n) is 2.43. The average Bonchev–Trinajstić information content (AvgIpc) is 3.17. The van der Waals surface area contributed by atoms with Gasteiger partial charge in [0.05, 0.1) is 12.3 Å². The van der Waals surface area contributed by atoms with Crippen LogP contribution >= 0.6 is 11.3 Å². The molecule has 0 atom stereocenters. The molecular formula is C19H18F2N4O3S. The Bertz CT molecular complexity index is 954. The van der Waals surface area contributed by atoms with Crippen LogP contribution in [0.2, 0.25) is 0 Å². The smallest absolute Gasteiger partial charge is 0.387 e. The highest BCUT2D eigenvalue weighted by molar-refractivity contribution is 7.14. The highest BCUT2D eigenvalue weighted by Gasteiger charge is 2.12. The maximum atomic E-state index is 12.5. The lowest BCUT2D eigenvalue weighted by Crippen LogP contribution is -2.28. The highest BCUT2D eigenvalue weighted by Crippen LogP contribution is 2.30. The zero-order chi connectivity index (χ0) is 20.6. The summed E-state index contributed by atoms with van der Waals surface area (Å²) >= 11 is 1.29. The normalized spacial score (nSPS) is 10.6. The molecular weight excluding hydrogens is 402 g/mol. The molecule has 2 heterocycles. The Hall–Kier alpha value is -3.27. The minimum absolute atomic E-state index is 0.0548. The summed E-state index contributed by atoms with van der Waals surface area (Å²) in [5, 5.41) is 7.61. The van der Waals surface area contributed by atoms with Gasteiger partial charge in [-0.25, -0.2) is 9.78 Å². The van der Waals surface area contributed by atoms with Gasteiger partial charge in [0.15, 0.2) is 16.6 Å². The number of nitrogens with one attached hydrogen (secondary N) is 2. The van der Waals surface area contributed by atoms with Crippen molar-refractivity contribution < 1.29 is 23.0 Å². The minimum atomic E-state index is -2.95. The summed E-state index contributed by atoms with van der Waals surface area (Å²) in [6.45, 7) is -0.751. The number of aromatic nitrogens is 2. The molecule has 1 aromatic carbocycles. The van der Waals surface area contributed by atoms with E-state index in [1.807, 2.05) is 17.5 Å². The molecule has 0 bridgehead atoms. The lowest BCUT2D eigenvalue weighted by atomic mass is 10.2.